The standard InChI is InChI=1S/C17H23NO3/c1-13(21-16-11-7-6-10-15(16)20-2)12-18-17(19)14-8-4-3-5-9-14/h3-4,6-7,10-11,13-14H,5,8-9,12H2,1-2H3,(H,18,19)/t13-,14-/m0/s1. The zero-order chi connectivity index (χ0) is 15.1. The minimum absolute atomic E-state index is 0.105. The Balaban J connectivity index is 1.80. The first kappa shape index (κ1) is 15.4. The van der Waals surface area contributed by atoms with E-state index in [-0.39, 0.29) is 17.9 Å². The number of amides is 1. The predicted molar refractivity (Wildman–Crippen MR) is 82.6 cm³/mol. The Labute approximate surface area is 126 Å². The molecule has 2 atom stereocenters. The van der Waals surface area contributed by atoms with Crippen LogP contribution in [0.15, 0.2) is 36.4 Å². The summed E-state index contributed by atoms with van der Waals surface area (Å²) in [6, 6.07) is 7.52. The molecule has 4 nitrogen and oxygen atoms in total. The highest BCUT2D eigenvalue weighted by atomic mass is 16.5. The Morgan fingerprint density at radius 2 is 2.10 bits per heavy atom. The number of allylic oxidation sites excluding steroid dienone is 2. The van der Waals surface area contributed by atoms with Gasteiger partial charge in [0.1, 0.15) is 6.10 Å². The Bertz CT molecular complexity index is 499. The number of methoxy groups -OCH3 is 1. The maximum atomic E-state index is 12.1. The van der Waals surface area contributed by atoms with Crippen LogP contribution < -0.4 is 14.8 Å². The number of benzene rings is 1. The van der Waals surface area contributed by atoms with Crippen LogP contribution in [0.2, 0.25) is 0 Å². The van der Waals surface area contributed by atoms with Crippen LogP contribution in [0, 0.1) is 5.92 Å². The monoisotopic (exact) mass is 289 g/mol. The number of carbonyl (C=O) groups excluding carboxylic acids is 1. The molecule has 114 valence electrons. The van der Waals surface area contributed by atoms with Gasteiger partial charge in [-0.15, -0.1) is 0 Å². The molecule has 0 spiro atoms. The molecule has 1 N–H and O–H groups in total. The number of hydrogen-bond acceptors (Lipinski definition) is 3. The smallest absolute Gasteiger partial charge is 0.223 e. The van der Waals surface area contributed by atoms with Crippen molar-refractivity contribution in [2.45, 2.75) is 32.3 Å². The van der Waals surface area contributed by atoms with Crippen LogP contribution in [0.5, 0.6) is 11.5 Å². The van der Waals surface area contributed by atoms with E-state index in [1.807, 2.05) is 31.2 Å². The van der Waals surface area contributed by atoms with Crippen molar-refractivity contribution in [3.63, 3.8) is 0 Å². The van der Waals surface area contributed by atoms with Crippen LogP contribution in [0.1, 0.15) is 26.2 Å². The van der Waals surface area contributed by atoms with E-state index in [9.17, 15) is 4.79 Å². The molecule has 1 aliphatic carbocycles. The van der Waals surface area contributed by atoms with Gasteiger partial charge in [0.25, 0.3) is 0 Å². The molecular weight excluding hydrogens is 266 g/mol. The highest BCUT2D eigenvalue weighted by Gasteiger charge is 2.19. The summed E-state index contributed by atoms with van der Waals surface area (Å²) in [6.07, 6.45) is 6.88. The molecule has 1 aromatic carbocycles. The minimum atomic E-state index is -0.107. The molecule has 0 saturated heterocycles. The van der Waals surface area contributed by atoms with Crippen molar-refractivity contribution < 1.29 is 14.3 Å². The molecular formula is C17H23NO3. The second kappa shape index (κ2) is 7.72. The molecule has 2 rings (SSSR count). The first-order valence-electron chi connectivity index (χ1n) is 7.43. The van der Waals surface area contributed by atoms with Crippen molar-refractivity contribution in [3.05, 3.63) is 36.4 Å². The molecule has 21 heavy (non-hydrogen) atoms. The van der Waals surface area contributed by atoms with Crippen LogP contribution >= 0.6 is 0 Å². The highest BCUT2D eigenvalue weighted by molar-refractivity contribution is 5.79. The van der Waals surface area contributed by atoms with E-state index in [2.05, 4.69) is 17.5 Å². The number of hydrogen-bond donors (Lipinski definition) is 1. The second-order valence-electron chi connectivity index (χ2n) is 5.31. The summed E-state index contributed by atoms with van der Waals surface area (Å²) in [5.74, 6) is 1.62. The largest absolute Gasteiger partial charge is 0.493 e. The molecule has 4 heteroatoms. The summed E-state index contributed by atoms with van der Waals surface area (Å²) >= 11 is 0. The number of ether oxygens (including phenoxy) is 2. The van der Waals surface area contributed by atoms with Gasteiger partial charge in [-0.2, -0.15) is 0 Å². The van der Waals surface area contributed by atoms with E-state index in [1.165, 1.54) is 0 Å². The van der Waals surface area contributed by atoms with Gasteiger partial charge in [0.2, 0.25) is 5.91 Å². The van der Waals surface area contributed by atoms with E-state index in [1.54, 1.807) is 7.11 Å². The summed E-state index contributed by atoms with van der Waals surface area (Å²) in [4.78, 5) is 12.1. The third-order valence-corrected chi connectivity index (χ3v) is 3.60. The molecule has 0 aromatic heterocycles. The van der Waals surface area contributed by atoms with Crippen molar-refractivity contribution in [3.8, 4) is 11.5 Å². The number of nitrogens with one attached hydrogen (secondary N) is 1. The summed E-state index contributed by atoms with van der Waals surface area (Å²) in [7, 11) is 1.62. The highest BCUT2D eigenvalue weighted by Crippen LogP contribution is 2.26. The average molecular weight is 289 g/mol. The lowest BCUT2D eigenvalue weighted by Gasteiger charge is -2.20. The van der Waals surface area contributed by atoms with Gasteiger partial charge in [0, 0.05) is 5.92 Å². The quantitative estimate of drug-likeness (QED) is 0.819. The average Bonchev–Trinajstić information content (AvgIpc) is 2.54. The van der Waals surface area contributed by atoms with Gasteiger partial charge in [-0.25, -0.2) is 0 Å². The zero-order valence-corrected chi connectivity index (χ0v) is 12.7. The number of para-hydroxylation sites is 2. The fraction of sp³-hybridized carbons (Fsp3) is 0.471. The van der Waals surface area contributed by atoms with Gasteiger partial charge in [-0.05, 0) is 38.3 Å². The molecule has 0 aliphatic heterocycles. The molecule has 0 radical (unpaired) electrons. The Hall–Kier alpha value is -1.97. The molecule has 0 heterocycles. The van der Waals surface area contributed by atoms with Crippen molar-refractivity contribution >= 4 is 5.91 Å². The molecule has 0 bridgehead atoms. The number of carbonyl (C=O) groups is 1. The number of rotatable bonds is 6. The van der Waals surface area contributed by atoms with Crippen LogP contribution in [0.25, 0.3) is 0 Å². The molecule has 0 saturated carbocycles. The van der Waals surface area contributed by atoms with E-state index >= 15 is 0 Å². The molecule has 1 aromatic rings. The van der Waals surface area contributed by atoms with Gasteiger partial charge < -0.3 is 14.8 Å². The van der Waals surface area contributed by atoms with E-state index in [0.717, 1.165) is 19.3 Å². The molecule has 0 unspecified atom stereocenters. The lowest BCUT2D eigenvalue weighted by Crippen LogP contribution is -2.37. The van der Waals surface area contributed by atoms with Crippen molar-refractivity contribution in [2.24, 2.45) is 5.92 Å². The van der Waals surface area contributed by atoms with Gasteiger partial charge >= 0.3 is 0 Å². The summed E-state index contributed by atoms with van der Waals surface area (Å²) in [6.45, 7) is 2.44. The lowest BCUT2D eigenvalue weighted by atomic mass is 9.94. The lowest BCUT2D eigenvalue weighted by molar-refractivity contribution is -0.125. The zero-order valence-electron chi connectivity index (χ0n) is 12.7. The molecule has 1 amide bonds. The van der Waals surface area contributed by atoms with E-state index in [0.29, 0.717) is 18.0 Å². The van der Waals surface area contributed by atoms with Gasteiger partial charge in [0.05, 0.1) is 13.7 Å². The fourth-order valence-corrected chi connectivity index (χ4v) is 2.39. The third-order valence-electron chi connectivity index (χ3n) is 3.60. The summed E-state index contributed by atoms with van der Waals surface area (Å²) in [5.41, 5.74) is 0. The SMILES string of the molecule is COc1ccccc1O[C@@H](C)CNC(=O)[C@H]1CC=CCC1. The van der Waals surface area contributed by atoms with Crippen molar-refractivity contribution in [1.82, 2.24) is 5.32 Å². The van der Waals surface area contributed by atoms with Crippen LogP contribution in [-0.2, 0) is 4.79 Å². The molecule has 1 aliphatic rings. The van der Waals surface area contributed by atoms with E-state index in [4.69, 9.17) is 9.47 Å². The summed E-state index contributed by atoms with van der Waals surface area (Å²) < 4.78 is 11.1. The van der Waals surface area contributed by atoms with Gasteiger partial charge in [0.15, 0.2) is 11.5 Å². The first-order chi connectivity index (χ1) is 10.2. The van der Waals surface area contributed by atoms with Crippen molar-refractivity contribution in [2.75, 3.05) is 13.7 Å². The second-order valence-corrected chi connectivity index (χ2v) is 5.31. The Morgan fingerprint density at radius 3 is 2.76 bits per heavy atom. The minimum Gasteiger partial charge on any atom is -0.493 e. The Morgan fingerprint density at radius 1 is 1.33 bits per heavy atom. The Kier molecular flexibility index (Phi) is 5.67. The predicted octanol–water partition coefficient (Wildman–Crippen LogP) is 2.94. The van der Waals surface area contributed by atoms with Crippen LogP contribution in [0.4, 0.5) is 0 Å². The molecule has 0 fully saturated rings. The fourth-order valence-electron chi connectivity index (χ4n) is 2.39. The van der Waals surface area contributed by atoms with Crippen molar-refractivity contribution in [1.29, 1.82) is 0 Å². The summed E-state index contributed by atoms with van der Waals surface area (Å²) in [5, 5.41) is 2.97. The van der Waals surface area contributed by atoms with Gasteiger partial charge in [-0.3, -0.25) is 4.79 Å². The van der Waals surface area contributed by atoms with Crippen LogP contribution in [0.3, 0.4) is 0 Å². The maximum Gasteiger partial charge on any atom is 0.223 e. The third kappa shape index (κ3) is 4.52. The maximum absolute atomic E-state index is 12.1. The van der Waals surface area contributed by atoms with Gasteiger partial charge in [-0.1, -0.05) is 24.3 Å². The first-order valence-corrected chi connectivity index (χ1v) is 7.43. The topological polar surface area (TPSA) is 47.6 Å². The normalized spacial score (nSPS) is 18.9. The van der Waals surface area contributed by atoms with E-state index < -0.39 is 0 Å². The van der Waals surface area contributed by atoms with Crippen LogP contribution in [-0.4, -0.2) is 25.7 Å².